The summed E-state index contributed by atoms with van der Waals surface area (Å²) in [5, 5.41) is 9.90. The highest BCUT2D eigenvalue weighted by Crippen LogP contribution is 2.41. The van der Waals surface area contributed by atoms with Crippen molar-refractivity contribution in [2.75, 3.05) is 0 Å². The van der Waals surface area contributed by atoms with Gasteiger partial charge in [-0.3, -0.25) is 4.79 Å². The maximum atomic E-state index is 12.6. The monoisotopic (exact) mass is 531 g/mol. The highest BCUT2D eigenvalue weighted by Gasteiger charge is 2.49. The highest BCUT2D eigenvalue weighted by atomic mass is 127. The van der Waals surface area contributed by atoms with Crippen molar-refractivity contribution < 1.29 is 23.1 Å². The summed E-state index contributed by atoms with van der Waals surface area (Å²) in [5.74, 6) is -0.682. The Morgan fingerprint density at radius 2 is 2.07 bits per heavy atom. The number of halogens is 1. The zero-order valence-electron chi connectivity index (χ0n) is 16.0. The van der Waals surface area contributed by atoms with E-state index < -0.39 is 16.0 Å². The molecule has 2 aliphatic rings. The van der Waals surface area contributed by atoms with Gasteiger partial charge < -0.3 is 9.84 Å². The number of sulfonamides is 1. The molecule has 1 aromatic carbocycles. The van der Waals surface area contributed by atoms with Crippen LogP contribution in [0.1, 0.15) is 44.1 Å². The van der Waals surface area contributed by atoms with E-state index in [4.69, 9.17) is 9.84 Å². The van der Waals surface area contributed by atoms with Gasteiger partial charge in [-0.25, -0.2) is 13.1 Å². The molecule has 0 spiro atoms. The van der Waals surface area contributed by atoms with Gasteiger partial charge in [0.05, 0.1) is 18.2 Å². The van der Waals surface area contributed by atoms with E-state index in [9.17, 15) is 13.2 Å². The van der Waals surface area contributed by atoms with Gasteiger partial charge in [0.1, 0.15) is 0 Å². The lowest BCUT2D eigenvalue weighted by Crippen LogP contribution is -2.46. The first-order chi connectivity index (χ1) is 13.8. The number of aliphatic carboxylic acids is 1. The molecule has 4 unspecified atom stereocenters. The zero-order valence-corrected chi connectivity index (χ0v) is 19.0. The van der Waals surface area contributed by atoms with Gasteiger partial charge in [-0.15, -0.1) is 0 Å². The van der Waals surface area contributed by atoms with Crippen LogP contribution in [-0.2, 0) is 19.6 Å². The van der Waals surface area contributed by atoms with E-state index in [1.54, 1.807) is 6.08 Å². The Bertz CT molecular complexity index is 883. The van der Waals surface area contributed by atoms with Crippen LogP contribution in [0.3, 0.4) is 0 Å². The molecule has 29 heavy (non-hydrogen) atoms. The van der Waals surface area contributed by atoms with E-state index in [0.29, 0.717) is 12.8 Å². The number of ether oxygens (including phenoxy) is 1. The molecule has 2 aliphatic heterocycles. The van der Waals surface area contributed by atoms with Crippen molar-refractivity contribution in [2.24, 2.45) is 5.92 Å². The summed E-state index contributed by atoms with van der Waals surface area (Å²) in [4.78, 5) is 10.6. The molecule has 0 radical (unpaired) electrons. The molecule has 1 aromatic rings. The number of allylic oxidation sites excluding steroid dienone is 2. The summed E-state index contributed by atoms with van der Waals surface area (Å²) >= 11 is 2.19. The number of benzene rings is 1. The molecule has 158 valence electrons. The van der Waals surface area contributed by atoms with E-state index in [0.717, 1.165) is 28.4 Å². The lowest BCUT2D eigenvalue weighted by Gasteiger charge is -2.27. The Labute approximate surface area is 185 Å². The predicted molar refractivity (Wildman–Crippen MR) is 121 cm³/mol. The van der Waals surface area contributed by atoms with Crippen molar-refractivity contribution in [2.45, 2.75) is 56.8 Å². The van der Waals surface area contributed by atoms with Crippen LogP contribution in [0.5, 0.6) is 0 Å². The fraction of sp³-hybridized carbons (Fsp3) is 0.476. The molecule has 2 fully saturated rings. The largest absolute Gasteiger partial charge is 0.481 e. The third-order valence-corrected chi connectivity index (χ3v) is 7.12. The summed E-state index contributed by atoms with van der Waals surface area (Å²) in [5.41, 5.74) is 0.840. The Balaban J connectivity index is 1.58. The lowest BCUT2D eigenvalue weighted by molar-refractivity contribution is -0.137. The molecular formula is C21H26INO5S. The first kappa shape index (κ1) is 22.5. The molecular weight excluding hydrogens is 505 g/mol. The summed E-state index contributed by atoms with van der Waals surface area (Å²) in [6.07, 6.45) is 9.66. The van der Waals surface area contributed by atoms with Crippen LogP contribution in [0.2, 0.25) is 0 Å². The van der Waals surface area contributed by atoms with Crippen LogP contribution in [0.25, 0.3) is 6.08 Å². The van der Waals surface area contributed by atoms with E-state index in [1.807, 2.05) is 36.4 Å². The van der Waals surface area contributed by atoms with E-state index in [-0.39, 0.29) is 30.6 Å². The minimum Gasteiger partial charge on any atom is -0.481 e. The van der Waals surface area contributed by atoms with Crippen LogP contribution in [-0.4, -0.2) is 37.7 Å². The van der Waals surface area contributed by atoms with Crippen molar-refractivity contribution in [3.63, 3.8) is 0 Å². The Morgan fingerprint density at radius 3 is 2.83 bits per heavy atom. The number of hydrogen-bond donors (Lipinski definition) is 2. The Kier molecular flexibility index (Phi) is 7.89. The second-order valence-corrected chi connectivity index (χ2v) is 10.3. The maximum absolute atomic E-state index is 12.6. The minimum atomic E-state index is -3.58. The van der Waals surface area contributed by atoms with Gasteiger partial charge in [-0.2, -0.15) is 0 Å². The normalized spacial score (nSPS) is 26.7. The van der Waals surface area contributed by atoms with Crippen molar-refractivity contribution >= 4 is 44.7 Å². The number of carbonyl (C=O) groups is 1. The third-order valence-electron chi connectivity index (χ3n) is 5.35. The molecule has 0 saturated carbocycles. The van der Waals surface area contributed by atoms with E-state index in [2.05, 4.69) is 27.3 Å². The smallest absolute Gasteiger partial charge is 0.303 e. The molecule has 2 heterocycles. The molecule has 0 amide bonds. The molecule has 3 rings (SSSR count). The zero-order chi connectivity index (χ0) is 20.9. The summed E-state index contributed by atoms with van der Waals surface area (Å²) in [6, 6.07) is 7.40. The van der Waals surface area contributed by atoms with Crippen LogP contribution >= 0.6 is 22.6 Å². The fourth-order valence-corrected chi connectivity index (χ4v) is 5.67. The molecule has 2 bridgehead atoms. The van der Waals surface area contributed by atoms with Gasteiger partial charge >= 0.3 is 5.97 Å². The average Bonchev–Trinajstić information content (AvgIpc) is 3.25. The number of carboxylic acids is 1. The lowest BCUT2D eigenvalue weighted by atomic mass is 9.83. The molecule has 6 nitrogen and oxygen atoms in total. The quantitative estimate of drug-likeness (QED) is 0.271. The van der Waals surface area contributed by atoms with Gasteiger partial charge in [0, 0.05) is 21.3 Å². The first-order valence-corrected chi connectivity index (χ1v) is 12.4. The summed E-state index contributed by atoms with van der Waals surface area (Å²) in [7, 11) is -3.58. The first-order valence-electron chi connectivity index (χ1n) is 9.82. The number of carboxylic acid groups (broad SMARTS) is 1. The second kappa shape index (κ2) is 10.2. The Morgan fingerprint density at radius 1 is 1.28 bits per heavy atom. The van der Waals surface area contributed by atoms with Crippen LogP contribution < -0.4 is 4.72 Å². The predicted octanol–water partition coefficient (Wildman–Crippen LogP) is 3.93. The number of hydrogen-bond acceptors (Lipinski definition) is 4. The van der Waals surface area contributed by atoms with Gasteiger partial charge in [0.15, 0.2) is 0 Å². The summed E-state index contributed by atoms with van der Waals surface area (Å²) < 4.78 is 35.1. The van der Waals surface area contributed by atoms with Gasteiger partial charge in [0.2, 0.25) is 10.0 Å². The molecule has 0 aromatic heterocycles. The van der Waals surface area contributed by atoms with Crippen LogP contribution in [0, 0.1) is 9.49 Å². The molecule has 0 aliphatic carbocycles. The van der Waals surface area contributed by atoms with Crippen molar-refractivity contribution in [3.8, 4) is 0 Å². The van der Waals surface area contributed by atoms with Crippen LogP contribution in [0.15, 0.2) is 41.8 Å². The van der Waals surface area contributed by atoms with Crippen molar-refractivity contribution in [1.29, 1.82) is 0 Å². The maximum Gasteiger partial charge on any atom is 0.303 e. The minimum absolute atomic E-state index is 0.0775. The SMILES string of the molecule is O=C(O)CCCC=CCC1C2CCC(O2)C1NS(=O)(=O)C=Cc1cccc(I)c1. The average molecular weight is 531 g/mol. The fourth-order valence-electron chi connectivity index (χ4n) is 3.99. The Hall–Kier alpha value is -1.23. The number of unbranched alkanes of at least 4 members (excludes halogenated alkanes) is 1. The standard InChI is InChI=1S/C21H26INO5S/c22-16-7-5-6-15(14-16)12-13-29(26,27)23-21-17(18-10-11-19(21)28-18)8-3-1-2-4-9-20(24)25/h1,3,5-7,12-14,17-19,21,23H,2,4,8-11H2,(H,24,25). The van der Waals surface area contributed by atoms with E-state index in [1.165, 1.54) is 5.41 Å². The topological polar surface area (TPSA) is 92.7 Å². The second-order valence-electron chi connectivity index (χ2n) is 7.49. The van der Waals surface area contributed by atoms with Crippen molar-refractivity contribution in [1.82, 2.24) is 4.72 Å². The third kappa shape index (κ3) is 6.63. The van der Waals surface area contributed by atoms with Gasteiger partial charge in [0.25, 0.3) is 0 Å². The van der Waals surface area contributed by atoms with Crippen LogP contribution in [0.4, 0.5) is 0 Å². The summed E-state index contributed by atoms with van der Waals surface area (Å²) in [6.45, 7) is 0. The number of fused-ring (bicyclic) bond motifs is 2. The number of rotatable bonds is 10. The van der Waals surface area contributed by atoms with Crippen molar-refractivity contribution in [3.05, 3.63) is 51.0 Å². The van der Waals surface area contributed by atoms with Gasteiger partial charge in [-0.05, 0) is 78.5 Å². The molecule has 2 N–H and O–H groups in total. The molecule has 2 saturated heterocycles. The van der Waals surface area contributed by atoms with E-state index >= 15 is 0 Å². The highest BCUT2D eigenvalue weighted by molar-refractivity contribution is 14.1. The molecule has 8 heteroatoms. The molecule has 4 atom stereocenters. The number of nitrogens with one attached hydrogen (secondary N) is 1. The van der Waals surface area contributed by atoms with Gasteiger partial charge in [-0.1, -0.05) is 24.3 Å².